The second-order valence-corrected chi connectivity index (χ2v) is 12.9. The van der Waals surface area contributed by atoms with Crippen molar-refractivity contribution in [1.82, 2.24) is 48.5 Å². The van der Waals surface area contributed by atoms with E-state index in [4.69, 9.17) is 21.4 Å². The quantitative estimate of drug-likeness (QED) is 0.158. The van der Waals surface area contributed by atoms with Gasteiger partial charge in [-0.1, -0.05) is 0 Å². The topological polar surface area (TPSA) is 145 Å². The molecule has 6 heterocycles. The van der Waals surface area contributed by atoms with Crippen LogP contribution in [0.2, 0.25) is 0 Å². The van der Waals surface area contributed by atoms with Crippen LogP contribution in [-0.4, -0.2) is 69.3 Å². The first-order valence-electron chi connectivity index (χ1n) is 16.8. The number of hydrogen-bond acceptors (Lipinski definition) is 10. The Morgan fingerprint density at radius 2 is 0.981 bits per heavy atom. The zero-order valence-corrected chi connectivity index (χ0v) is 28.9. The standard InChI is InChI=1S/C39H34F2N12/c1-50(21-24-13-17-52-32(19-24)48-34(26-3-7-28(40)8-4-26)36(52)30-11-15-44-38(42)46-30)23-51(2)22-25-14-18-53-33(20-25)49-35(27-5-9-29(41)10-6-27)37(53)31-12-16-45-39(43)47-31/h3-20H,21-23H2,1-2H3,(H2,42,44,46)(H2,43,45,47). The SMILES string of the molecule is CN(Cc1ccn2c(-c3ccnc(N)n3)c(-c3ccc(F)cc3)nc2c1)CN(C)Cc1ccn2c(-c3ccnc(N)n3)c(-c3ccc(F)cc3)nc2c1. The minimum atomic E-state index is -0.322. The van der Waals surface area contributed by atoms with Gasteiger partial charge >= 0.3 is 0 Å². The van der Waals surface area contributed by atoms with E-state index in [-0.39, 0.29) is 23.5 Å². The number of halogens is 2. The van der Waals surface area contributed by atoms with E-state index < -0.39 is 0 Å². The van der Waals surface area contributed by atoms with Crippen LogP contribution in [-0.2, 0) is 13.1 Å². The Labute approximate surface area is 303 Å². The minimum Gasteiger partial charge on any atom is -0.368 e. The van der Waals surface area contributed by atoms with Gasteiger partial charge in [-0.05, 0) is 110 Å². The van der Waals surface area contributed by atoms with Gasteiger partial charge in [-0.25, -0.2) is 38.7 Å². The smallest absolute Gasteiger partial charge is 0.220 e. The molecule has 6 aromatic heterocycles. The summed E-state index contributed by atoms with van der Waals surface area (Å²) in [4.78, 5) is 31.3. The number of anilines is 2. The van der Waals surface area contributed by atoms with E-state index in [1.54, 1.807) is 48.8 Å². The van der Waals surface area contributed by atoms with E-state index in [9.17, 15) is 8.78 Å². The lowest BCUT2D eigenvalue weighted by Gasteiger charge is -2.24. The van der Waals surface area contributed by atoms with Crippen LogP contribution in [0.4, 0.5) is 20.7 Å². The Morgan fingerprint density at radius 1 is 0.566 bits per heavy atom. The van der Waals surface area contributed by atoms with Gasteiger partial charge in [0.2, 0.25) is 11.9 Å². The van der Waals surface area contributed by atoms with Crippen molar-refractivity contribution in [2.24, 2.45) is 0 Å². The third kappa shape index (κ3) is 6.88. The van der Waals surface area contributed by atoms with Gasteiger partial charge in [0.25, 0.3) is 0 Å². The van der Waals surface area contributed by atoms with Gasteiger partial charge in [0.15, 0.2) is 0 Å². The fourth-order valence-electron chi connectivity index (χ4n) is 6.62. The molecule has 0 saturated carbocycles. The van der Waals surface area contributed by atoms with Gasteiger partial charge in [-0.15, -0.1) is 0 Å². The van der Waals surface area contributed by atoms with Gasteiger partial charge in [0.05, 0.1) is 40.8 Å². The first-order chi connectivity index (χ1) is 25.7. The lowest BCUT2D eigenvalue weighted by Crippen LogP contribution is -2.32. The van der Waals surface area contributed by atoms with E-state index in [0.29, 0.717) is 42.5 Å². The Hall–Kier alpha value is -6.64. The monoisotopic (exact) mass is 708 g/mol. The molecule has 0 bridgehead atoms. The minimum absolute atomic E-state index is 0.155. The largest absolute Gasteiger partial charge is 0.368 e. The number of nitrogens with two attached hydrogens (primary N) is 2. The molecule has 53 heavy (non-hydrogen) atoms. The van der Waals surface area contributed by atoms with Crippen molar-refractivity contribution in [3.63, 3.8) is 0 Å². The predicted octanol–water partition coefficient (Wildman–Crippen LogP) is 6.19. The molecule has 8 rings (SSSR count). The highest BCUT2D eigenvalue weighted by Crippen LogP contribution is 2.34. The highest BCUT2D eigenvalue weighted by atomic mass is 19.1. The molecular formula is C39H34F2N12. The Bertz CT molecular complexity index is 2400. The molecule has 264 valence electrons. The van der Waals surface area contributed by atoms with Gasteiger partial charge in [-0.3, -0.25) is 18.6 Å². The molecule has 0 amide bonds. The molecule has 2 aromatic carbocycles. The van der Waals surface area contributed by atoms with Crippen molar-refractivity contribution in [2.45, 2.75) is 13.1 Å². The number of nitrogen functional groups attached to an aromatic ring is 2. The van der Waals surface area contributed by atoms with Crippen LogP contribution in [0, 0.1) is 11.6 Å². The summed E-state index contributed by atoms with van der Waals surface area (Å²) in [6.07, 6.45) is 7.16. The Kier molecular flexibility index (Phi) is 8.74. The molecule has 0 radical (unpaired) electrons. The summed E-state index contributed by atoms with van der Waals surface area (Å²) in [5, 5.41) is 0. The molecule has 4 N–H and O–H groups in total. The first-order valence-corrected chi connectivity index (χ1v) is 16.8. The number of nitrogens with zero attached hydrogens (tertiary/aromatic N) is 10. The number of rotatable bonds is 10. The molecule has 0 unspecified atom stereocenters. The average molecular weight is 709 g/mol. The van der Waals surface area contributed by atoms with Crippen LogP contribution in [0.3, 0.4) is 0 Å². The summed E-state index contributed by atoms with van der Waals surface area (Å²) in [6, 6.07) is 24.3. The summed E-state index contributed by atoms with van der Waals surface area (Å²) in [5.74, 6) is -0.335. The van der Waals surface area contributed by atoms with E-state index >= 15 is 0 Å². The van der Waals surface area contributed by atoms with Crippen LogP contribution in [0.5, 0.6) is 0 Å². The number of imidazole rings is 2. The second kappa shape index (κ2) is 13.8. The Morgan fingerprint density at radius 3 is 1.38 bits per heavy atom. The van der Waals surface area contributed by atoms with Crippen molar-refractivity contribution in [3.8, 4) is 45.3 Å². The lowest BCUT2D eigenvalue weighted by molar-refractivity contribution is 0.171. The van der Waals surface area contributed by atoms with E-state index in [0.717, 1.165) is 44.9 Å². The second-order valence-electron chi connectivity index (χ2n) is 12.9. The van der Waals surface area contributed by atoms with Gasteiger partial charge in [-0.2, -0.15) is 0 Å². The zero-order valence-electron chi connectivity index (χ0n) is 28.9. The number of fused-ring (bicyclic) bond motifs is 2. The third-order valence-electron chi connectivity index (χ3n) is 8.84. The van der Waals surface area contributed by atoms with Crippen molar-refractivity contribution in [2.75, 3.05) is 32.2 Å². The van der Waals surface area contributed by atoms with E-state index in [1.165, 1.54) is 24.3 Å². The molecule has 0 aliphatic heterocycles. The molecule has 0 saturated heterocycles. The Balaban J connectivity index is 1.02. The summed E-state index contributed by atoms with van der Waals surface area (Å²) < 4.78 is 31.5. The molecule has 0 fully saturated rings. The first kappa shape index (κ1) is 33.5. The maximum atomic E-state index is 13.8. The molecule has 0 aliphatic rings. The predicted molar refractivity (Wildman–Crippen MR) is 200 cm³/mol. The molecule has 0 spiro atoms. The summed E-state index contributed by atoms with van der Waals surface area (Å²) >= 11 is 0. The molecule has 12 nitrogen and oxygen atoms in total. The van der Waals surface area contributed by atoms with Crippen molar-refractivity contribution in [1.29, 1.82) is 0 Å². The van der Waals surface area contributed by atoms with Crippen molar-refractivity contribution >= 4 is 23.2 Å². The summed E-state index contributed by atoms with van der Waals surface area (Å²) in [6.45, 7) is 2.01. The van der Waals surface area contributed by atoms with Crippen LogP contribution < -0.4 is 11.5 Å². The van der Waals surface area contributed by atoms with Crippen LogP contribution in [0.1, 0.15) is 11.1 Å². The van der Waals surface area contributed by atoms with Crippen molar-refractivity contribution < 1.29 is 8.78 Å². The van der Waals surface area contributed by atoms with Gasteiger partial charge in [0, 0.05) is 49.0 Å². The molecule has 8 aromatic rings. The van der Waals surface area contributed by atoms with Crippen molar-refractivity contribution in [3.05, 3.63) is 132 Å². The van der Waals surface area contributed by atoms with E-state index in [1.807, 2.05) is 33.3 Å². The number of hydrogen-bond donors (Lipinski definition) is 2. The number of pyridine rings is 2. The highest BCUT2D eigenvalue weighted by molar-refractivity contribution is 5.82. The van der Waals surface area contributed by atoms with Crippen LogP contribution >= 0.6 is 0 Å². The zero-order chi connectivity index (χ0) is 36.6. The number of benzene rings is 2. The highest BCUT2D eigenvalue weighted by Gasteiger charge is 2.20. The maximum absolute atomic E-state index is 13.8. The molecule has 0 atom stereocenters. The maximum Gasteiger partial charge on any atom is 0.220 e. The number of aromatic nitrogens is 8. The third-order valence-corrected chi connectivity index (χ3v) is 8.84. The average Bonchev–Trinajstić information content (AvgIpc) is 3.70. The molecule has 0 aliphatic carbocycles. The van der Waals surface area contributed by atoms with E-state index in [2.05, 4.69) is 56.0 Å². The fourth-order valence-corrected chi connectivity index (χ4v) is 6.62. The van der Waals surface area contributed by atoms with Gasteiger partial charge in [0.1, 0.15) is 22.9 Å². The van der Waals surface area contributed by atoms with Gasteiger partial charge < -0.3 is 11.5 Å². The normalized spacial score (nSPS) is 11.7. The molecular weight excluding hydrogens is 675 g/mol. The molecule has 14 heteroatoms. The summed E-state index contributed by atoms with van der Waals surface area (Å²) in [7, 11) is 4.13. The van der Waals surface area contributed by atoms with Crippen LogP contribution in [0.15, 0.2) is 110 Å². The summed E-state index contributed by atoms with van der Waals surface area (Å²) in [5.41, 5.74) is 21.1. The lowest BCUT2D eigenvalue weighted by atomic mass is 10.1. The van der Waals surface area contributed by atoms with Crippen LogP contribution in [0.25, 0.3) is 56.6 Å². The fraction of sp³-hybridized carbons (Fsp3) is 0.128.